The summed E-state index contributed by atoms with van der Waals surface area (Å²) in [6.45, 7) is 1.24. The second-order valence-electron chi connectivity index (χ2n) is 0.609. The van der Waals surface area contributed by atoms with E-state index in [2.05, 4.69) is 10.7 Å². The molecule has 0 heterocycles. The number of hydrogen-bond acceptors (Lipinski definition) is 4. The third-order valence-electron chi connectivity index (χ3n) is 0.166. The van der Waals surface area contributed by atoms with Crippen LogP contribution < -0.4 is 12.0 Å². The average Bonchev–Trinajstić information content (AvgIpc) is 1.38. The molecule has 6 heavy (non-hydrogen) atoms. The summed E-state index contributed by atoms with van der Waals surface area (Å²) >= 11 is 0. The van der Waals surface area contributed by atoms with E-state index in [9.17, 15) is 4.79 Å². The van der Waals surface area contributed by atoms with Crippen LogP contribution in [0.2, 0.25) is 0 Å². The minimum Gasteiger partial charge on any atom is -0.374 e. The maximum Gasteiger partial charge on any atom is 0.321 e. The Morgan fingerprint density at radius 2 is 2.00 bits per heavy atom. The van der Waals surface area contributed by atoms with E-state index in [0.29, 0.717) is 0 Å². The fraction of sp³-hybridized carbons (Fsp3) is 0.500. The van der Waals surface area contributed by atoms with Gasteiger partial charge in [0, 0.05) is 6.92 Å². The van der Waals surface area contributed by atoms with Gasteiger partial charge in [-0.25, -0.2) is 0 Å². The van der Waals surface area contributed by atoms with Crippen LogP contribution in [-0.2, 0) is 9.63 Å². The highest BCUT2D eigenvalue weighted by atomic mass is 16.7. The molecule has 4 nitrogen and oxygen atoms in total. The van der Waals surface area contributed by atoms with Crippen LogP contribution in [0.4, 0.5) is 0 Å². The lowest BCUT2D eigenvalue weighted by molar-refractivity contribution is -0.141. The van der Waals surface area contributed by atoms with Crippen molar-refractivity contribution < 1.29 is 9.63 Å². The number of carbonyl (C=O) groups is 1. The Morgan fingerprint density at radius 1 is 1.83 bits per heavy atom. The van der Waals surface area contributed by atoms with Gasteiger partial charge in [0.2, 0.25) is 0 Å². The molecule has 0 aliphatic heterocycles. The molecule has 5 N–H and O–H groups in total. The molecule has 0 aliphatic carbocycles. The summed E-state index contributed by atoms with van der Waals surface area (Å²) in [5.74, 6) is 3.85. The molecular formula is C2H8N2O2. The molecule has 0 amide bonds. The lowest BCUT2D eigenvalue weighted by Gasteiger charge is -1.79. The number of carbonyl (C=O) groups excluding carboxylic acids is 1. The molecule has 0 bridgehead atoms. The Labute approximate surface area is 35.8 Å². The van der Waals surface area contributed by atoms with E-state index in [1.54, 1.807) is 0 Å². The van der Waals surface area contributed by atoms with Gasteiger partial charge in [0.25, 0.3) is 0 Å². The lowest BCUT2D eigenvalue weighted by Crippen LogP contribution is -2.03. The SMILES string of the molecule is CC(=O)ON.N. The standard InChI is InChI=1S/C2H5NO2.H3N/c1-2(4)5-3;/h3H2,1H3;1H3. The van der Waals surface area contributed by atoms with E-state index >= 15 is 0 Å². The molecule has 0 fully saturated rings. The van der Waals surface area contributed by atoms with Crippen LogP contribution >= 0.6 is 0 Å². The van der Waals surface area contributed by atoms with Gasteiger partial charge in [-0.3, -0.25) is 4.79 Å². The maximum atomic E-state index is 9.47. The largest absolute Gasteiger partial charge is 0.374 e. The van der Waals surface area contributed by atoms with E-state index in [0.717, 1.165) is 0 Å². The van der Waals surface area contributed by atoms with Gasteiger partial charge in [0.15, 0.2) is 0 Å². The van der Waals surface area contributed by atoms with Crippen LogP contribution in [0.1, 0.15) is 6.92 Å². The van der Waals surface area contributed by atoms with Crippen molar-refractivity contribution >= 4 is 5.97 Å². The molecular weight excluding hydrogens is 84.0 g/mol. The molecule has 4 heteroatoms. The maximum absolute atomic E-state index is 9.47. The summed E-state index contributed by atoms with van der Waals surface area (Å²) in [6, 6.07) is 0. The van der Waals surface area contributed by atoms with Gasteiger partial charge in [-0.2, -0.15) is 5.90 Å². The van der Waals surface area contributed by atoms with Crippen molar-refractivity contribution in [3.8, 4) is 0 Å². The lowest BCUT2D eigenvalue weighted by atomic mass is 10.8. The normalized spacial score (nSPS) is 5.67. The first kappa shape index (κ1) is 9.04. The molecule has 0 aromatic rings. The van der Waals surface area contributed by atoms with E-state index < -0.39 is 5.97 Å². The van der Waals surface area contributed by atoms with Gasteiger partial charge < -0.3 is 11.0 Å². The van der Waals surface area contributed by atoms with E-state index in [4.69, 9.17) is 0 Å². The Hall–Kier alpha value is -0.610. The van der Waals surface area contributed by atoms with Gasteiger partial charge in [-0.05, 0) is 0 Å². The Bertz CT molecular complexity index is 44.8. The second-order valence-corrected chi connectivity index (χ2v) is 0.609. The molecule has 0 aromatic heterocycles. The zero-order valence-corrected chi connectivity index (χ0v) is 3.60. The fourth-order valence-corrected chi connectivity index (χ4v) is 0. The average molecular weight is 92.1 g/mol. The predicted molar refractivity (Wildman–Crippen MR) is 21.0 cm³/mol. The Morgan fingerprint density at radius 3 is 2.00 bits per heavy atom. The van der Waals surface area contributed by atoms with Gasteiger partial charge in [0.1, 0.15) is 0 Å². The number of nitrogens with two attached hydrogens (primary N) is 1. The third-order valence-corrected chi connectivity index (χ3v) is 0.166. The highest BCUT2D eigenvalue weighted by molar-refractivity contribution is 5.65. The van der Waals surface area contributed by atoms with Crippen LogP contribution in [0, 0.1) is 0 Å². The first-order chi connectivity index (χ1) is 2.27. The van der Waals surface area contributed by atoms with Crippen LogP contribution in [0.5, 0.6) is 0 Å². The smallest absolute Gasteiger partial charge is 0.321 e. The van der Waals surface area contributed by atoms with Crippen molar-refractivity contribution in [1.29, 1.82) is 0 Å². The van der Waals surface area contributed by atoms with Gasteiger partial charge in [-0.1, -0.05) is 0 Å². The molecule has 0 rings (SSSR count). The molecule has 38 valence electrons. The van der Waals surface area contributed by atoms with Crippen LogP contribution in [0.25, 0.3) is 0 Å². The number of rotatable bonds is 0. The summed E-state index contributed by atoms with van der Waals surface area (Å²) < 4.78 is 0. The fourth-order valence-electron chi connectivity index (χ4n) is 0. The van der Waals surface area contributed by atoms with Crippen LogP contribution in [-0.4, -0.2) is 5.97 Å². The second kappa shape index (κ2) is 4.39. The first-order valence-electron chi connectivity index (χ1n) is 1.14. The summed E-state index contributed by atoms with van der Waals surface area (Å²) in [6.07, 6.45) is 0. The van der Waals surface area contributed by atoms with Crippen molar-refractivity contribution in [2.24, 2.45) is 5.90 Å². The zero-order valence-electron chi connectivity index (χ0n) is 3.60. The van der Waals surface area contributed by atoms with E-state index in [1.807, 2.05) is 0 Å². The minimum absolute atomic E-state index is 0. The van der Waals surface area contributed by atoms with Crippen molar-refractivity contribution in [3.63, 3.8) is 0 Å². The Balaban J connectivity index is 0. The van der Waals surface area contributed by atoms with Crippen LogP contribution in [0.3, 0.4) is 0 Å². The summed E-state index contributed by atoms with van der Waals surface area (Å²) in [7, 11) is 0. The van der Waals surface area contributed by atoms with E-state index in [1.165, 1.54) is 6.92 Å². The molecule has 0 aliphatic rings. The van der Waals surface area contributed by atoms with Gasteiger partial charge in [0.05, 0.1) is 0 Å². The minimum atomic E-state index is -0.468. The monoisotopic (exact) mass is 92.1 g/mol. The van der Waals surface area contributed by atoms with Crippen molar-refractivity contribution in [2.45, 2.75) is 6.92 Å². The predicted octanol–water partition coefficient (Wildman–Crippen LogP) is -0.415. The summed E-state index contributed by atoms with van der Waals surface area (Å²) in [5, 5.41) is 0. The summed E-state index contributed by atoms with van der Waals surface area (Å²) in [4.78, 5) is 13.1. The molecule has 0 radical (unpaired) electrons. The Kier molecular flexibility index (Phi) is 6.61. The highest BCUT2D eigenvalue weighted by Crippen LogP contribution is 1.55. The van der Waals surface area contributed by atoms with Crippen molar-refractivity contribution in [2.75, 3.05) is 0 Å². The molecule has 0 saturated carbocycles. The van der Waals surface area contributed by atoms with Crippen molar-refractivity contribution in [1.82, 2.24) is 6.15 Å². The topological polar surface area (TPSA) is 87.3 Å². The first-order valence-corrected chi connectivity index (χ1v) is 1.14. The molecule has 0 atom stereocenters. The number of hydrogen-bond donors (Lipinski definition) is 2. The van der Waals surface area contributed by atoms with Gasteiger partial charge in [-0.15, -0.1) is 0 Å². The quantitative estimate of drug-likeness (QED) is 0.397. The molecule has 0 unspecified atom stereocenters. The highest BCUT2D eigenvalue weighted by Gasteiger charge is 1.77. The zero-order chi connectivity index (χ0) is 4.28. The molecule has 0 spiro atoms. The molecule has 0 aromatic carbocycles. The summed E-state index contributed by atoms with van der Waals surface area (Å²) in [5.41, 5.74) is 0. The van der Waals surface area contributed by atoms with Crippen LogP contribution in [0.15, 0.2) is 0 Å². The van der Waals surface area contributed by atoms with Crippen molar-refractivity contribution in [3.05, 3.63) is 0 Å². The van der Waals surface area contributed by atoms with Gasteiger partial charge >= 0.3 is 5.97 Å². The molecule has 0 saturated heterocycles. The third kappa shape index (κ3) is 10.0. The van der Waals surface area contributed by atoms with E-state index in [-0.39, 0.29) is 6.15 Å².